The third-order valence-electron chi connectivity index (χ3n) is 5.47. The molecule has 0 fully saturated rings. The highest BCUT2D eigenvalue weighted by atomic mass is 16.2. The topological polar surface area (TPSA) is 25.2 Å². The van der Waals surface area contributed by atoms with Gasteiger partial charge in [-0.1, -0.05) is 32.0 Å². The number of amides is 1. The number of aromatic nitrogens is 1. The Morgan fingerprint density at radius 1 is 1.21 bits per heavy atom. The van der Waals surface area contributed by atoms with Crippen molar-refractivity contribution in [2.45, 2.75) is 59.4 Å². The molecule has 1 aliphatic rings. The number of carbonyl (C=O) groups is 1. The molecule has 24 heavy (non-hydrogen) atoms. The van der Waals surface area contributed by atoms with E-state index in [0.717, 1.165) is 38.9 Å². The number of likely N-dealkylation sites (N-methyl/N-ethyl adjacent to an activating group) is 1. The molecule has 1 heterocycles. The van der Waals surface area contributed by atoms with E-state index in [-0.39, 0.29) is 5.92 Å². The maximum atomic E-state index is 13.2. The van der Waals surface area contributed by atoms with Crippen molar-refractivity contribution in [3.63, 3.8) is 0 Å². The summed E-state index contributed by atoms with van der Waals surface area (Å²) in [5.74, 6) is 0.890. The maximum Gasteiger partial charge on any atom is 0.230 e. The highest BCUT2D eigenvalue weighted by Crippen LogP contribution is 2.42. The second-order valence-electron chi connectivity index (χ2n) is 7.14. The van der Waals surface area contributed by atoms with Crippen molar-refractivity contribution >= 4 is 16.8 Å². The van der Waals surface area contributed by atoms with Crippen LogP contribution < -0.4 is 0 Å². The maximum absolute atomic E-state index is 13.2. The van der Waals surface area contributed by atoms with Crippen molar-refractivity contribution in [1.82, 2.24) is 9.47 Å². The molecule has 2 unspecified atom stereocenters. The average Bonchev–Trinajstić information content (AvgIpc) is 2.89. The fourth-order valence-electron chi connectivity index (χ4n) is 4.38. The lowest BCUT2D eigenvalue weighted by atomic mass is 9.79. The standard InChI is InChI=1S/C21H30N2O/c1-5-12-23-18-11-9-8-10-16(18)20-17(13-15(4)14-19(20)23)21(24)22(6-2)7-3/h8-11,15,17H,5-7,12-14H2,1-4H3. The Morgan fingerprint density at radius 3 is 2.58 bits per heavy atom. The van der Waals surface area contributed by atoms with Crippen LogP contribution in [0.1, 0.15) is 57.7 Å². The summed E-state index contributed by atoms with van der Waals surface area (Å²) < 4.78 is 2.48. The largest absolute Gasteiger partial charge is 0.344 e. The molecule has 3 rings (SSSR count). The summed E-state index contributed by atoms with van der Waals surface area (Å²) in [5, 5.41) is 1.29. The molecular formula is C21H30N2O. The number of para-hydroxylation sites is 1. The van der Waals surface area contributed by atoms with Gasteiger partial charge in [-0.15, -0.1) is 0 Å². The summed E-state index contributed by atoms with van der Waals surface area (Å²) in [5.41, 5.74) is 4.02. The van der Waals surface area contributed by atoms with Gasteiger partial charge < -0.3 is 9.47 Å². The molecule has 1 aromatic heterocycles. The summed E-state index contributed by atoms with van der Waals surface area (Å²) in [4.78, 5) is 15.2. The fraction of sp³-hybridized carbons (Fsp3) is 0.571. The number of nitrogens with zero attached hydrogens (tertiary/aromatic N) is 2. The van der Waals surface area contributed by atoms with Gasteiger partial charge in [-0.3, -0.25) is 4.79 Å². The zero-order chi connectivity index (χ0) is 17.3. The summed E-state index contributed by atoms with van der Waals surface area (Å²) in [6.45, 7) is 11.3. The molecule has 1 amide bonds. The van der Waals surface area contributed by atoms with Gasteiger partial charge in [0.15, 0.2) is 0 Å². The first kappa shape index (κ1) is 17.1. The van der Waals surface area contributed by atoms with Gasteiger partial charge in [0.05, 0.1) is 5.92 Å². The molecule has 2 atom stereocenters. The van der Waals surface area contributed by atoms with Gasteiger partial charge in [-0.2, -0.15) is 0 Å². The number of carbonyl (C=O) groups excluding carboxylic acids is 1. The number of aryl methyl sites for hydroxylation is 1. The first-order valence-corrected chi connectivity index (χ1v) is 9.51. The number of benzene rings is 1. The highest BCUT2D eigenvalue weighted by Gasteiger charge is 2.36. The van der Waals surface area contributed by atoms with Gasteiger partial charge in [0.2, 0.25) is 5.91 Å². The van der Waals surface area contributed by atoms with E-state index in [9.17, 15) is 4.79 Å². The molecule has 3 heteroatoms. The molecule has 130 valence electrons. The Kier molecular flexibility index (Phi) is 4.98. The number of hydrogen-bond donors (Lipinski definition) is 0. The average molecular weight is 326 g/mol. The predicted octanol–water partition coefficient (Wildman–Crippen LogP) is 4.59. The Labute approximate surface area is 145 Å². The zero-order valence-electron chi connectivity index (χ0n) is 15.5. The molecule has 0 bridgehead atoms. The number of hydrogen-bond acceptors (Lipinski definition) is 1. The lowest BCUT2D eigenvalue weighted by Crippen LogP contribution is -2.37. The molecule has 0 N–H and O–H groups in total. The minimum atomic E-state index is 0.0201. The highest BCUT2D eigenvalue weighted by molar-refractivity contribution is 5.94. The van der Waals surface area contributed by atoms with Crippen LogP contribution in [0.25, 0.3) is 10.9 Å². The summed E-state index contributed by atoms with van der Waals surface area (Å²) in [6.07, 6.45) is 3.18. The molecule has 0 radical (unpaired) electrons. The van der Waals surface area contributed by atoms with Crippen LogP contribution in [0, 0.1) is 5.92 Å². The summed E-state index contributed by atoms with van der Waals surface area (Å²) in [7, 11) is 0. The van der Waals surface area contributed by atoms with Crippen molar-refractivity contribution in [2.24, 2.45) is 5.92 Å². The molecule has 0 saturated heterocycles. The summed E-state index contributed by atoms with van der Waals surface area (Å²) in [6, 6.07) is 8.65. The summed E-state index contributed by atoms with van der Waals surface area (Å²) >= 11 is 0. The van der Waals surface area contributed by atoms with Crippen LogP contribution in [0.2, 0.25) is 0 Å². The third-order valence-corrected chi connectivity index (χ3v) is 5.47. The quantitative estimate of drug-likeness (QED) is 0.789. The lowest BCUT2D eigenvalue weighted by molar-refractivity contribution is -0.133. The van der Waals surface area contributed by atoms with E-state index >= 15 is 0 Å². The molecule has 2 aromatic rings. The SMILES string of the molecule is CCCn1c2c(c3ccccc31)C(C(=O)N(CC)CC)CC(C)C2. The van der Waals surface area contributed by atoms with Crippen molar-refractivity contribution in [1.29, 1.82) is 0 Å². The van der Waals surface area contributed by atoms with E-state index in [1.54, 1.807) is 0 Å². The van der Waals surface area contributed by atoms with Crippen LogP contribution in [0.3, 0.4) is 0 Å². The molecular weight excluding hydrogens is 296 g/mol. The van der Waals surface area contributed by atoms with Crippen molar-refractivity contribution < 1.29 is 4.79 Å². The first-order chi connectivity index (χ1) is 11.6. The van der Waals surface area contributed by atoms with Crippen molar-refractivity contribution in [3.05, 3.63) is 35.5 Å². The monoisotopic (exact) mass is 326 g/mol. The van der Waals surface area contributed by atoms with Gasteiger partial charge in [-0.25, -0.2) is 0 Å². The number of rotatable bonds is 5. The zero-order valence-corrected chi connectivity index (χ0v) is 15.5. The van der Waals surface area contributed by atoms with Crippen molar-refractivity contribution in [2.75, 3.05) is 13.1 Å². The Hall–Kier alpha value is -1.77. The lowest BCUT2D eigenvalue weighted by Gasteiger charge is -2.32. The second kappa shape index (κ2) is 7.00. The minimum Gasteiger partial charge on any atom is -0.344 e. The van der Waals surface area contributed by atoms with Gasteiger partial charge in [0, 0.05) is 36.2 Å². The minimum absolute atomic E-state index is 0.0201. The molecule has 0 aliphatic heterocycles. The fourth-order valence-corrected chi connectivity index (χ4v) is 4.38. The van der Waals surface area contributed by atoms with Crippen LogP contribution in [-0.4, -0.2) is 28.5 Å². The van der Waals surface area contributed by atoms with E-state index in [2.05, 4.69) is 56.5 Å². The van der Waals surface area contributed by atoms with E-state index in [1.165, 1.54) is 22.2 Å². The second-order valence-corrected chi connectivity index (χ2v) is 7.14. The van der Waals surface area contributed by atoms with Gasteiger partial charge in [-0.05, 0) is 50.7 Å². The van der Waals surface area contributed by atoms with Crippen LogP contribution in [0.15, 0.2) is 24.3 Å². The van der Waals surface area contributed by atoms with Gasteiger partial charge >= 0.3 is 0 Å². The van der Waals surface area contributed by atoms with Crippen LogP contribution in [0.5, 0.6) is 0 Å². The van der Waals surface area contributed by atoms with Crippen LogP contribution in [0.4, 0.5) is 0 Å². The Morgan fingerprint density at radius 2 is 1.92 bits per heavy atom. The van der Waals surface area contributed by atoms with Crippen LogP contribution in [-0.2, 0) is 17.8 Å². The van der Waals surface area contributed by atoms with E-state index in [4.69, 9.17) is 0 Å². The smallest absolute Gasteiger partial charge is 0.230 e. The van der Waals surface area contributed by atoms with E-state index in [1.807, 2.05) is 4.90 Å². The van der Waals surface area contributed by atoms with E-state index in [0.29, 0.717) is 11.8 Å². The molecule has 1 aliphatic carbocycles. The Balaban J connectivity index is 2.18. The molecule has 0 saturated carbocycles. The molecule has 0 spiro atoms. The molecule has 1 aromatic carbocycles. The van der Waals surface area contributed by atoms with E-state index < -0.39 is 0 Å². The van der Waals surface area contributed by atoms with Gasteiger partial charge in [0.25, 0.3) is 0 Å². The van der Waals surface area contributed by atoms with Crippen molar-refractivity contribution in [3.8, 4) is 0 Å². The normalized spacial score (nSPS) is 20.2. The van der Waals surface area contributed by atoms with Crippen LogP contribution >= 0.6 is 0 Å². The number of fused-ring (bicyclic) bond motifs is 3. The third kappa shape index (κ3) is 2.74. The molecule has 3 nitrogen and oxygen atoms in total. The van der Waals surface area contributed by atoms with Gasteiger partial charge in [0.1, 0.15) is 0 Å². The first-order valence-electron chi connectivity index (χ1n) is 9.51. The predicted molar refractivity (Wildman–Crippen MR) is 100 cm³/mol. The Bertz CT molecular complexity index is 727.